The maximum Gasteiger partial charge on any atom is 0.273 e. The fraction of sp³-hybridized carbons (Fsp3) is 0.346. The number of nitrogens with zero attached hydrogens (tertiary/aromatic N) is 3. The van der Waals surface area contributed by atoms with Gasteiger partial charge in [0.15, 0.2) is 0 Å². The van der Waals surface area contributed by atoms with E-state index in [2.05, 4.69) is 56.2 Å². The first-order valence-electron chi connectivity index (χ1n) is 10.5. The van der Waals surface area contributed by atoms with Crippen molar-refractivity contribution < 1.29 is 4.79 Å². The minimum atomic E-state index is -0.201. The summed E-state index contributed by atoms with van der Waals surface area (Å²) in [5, 5.41) is 8.00. The molecule has 0 saturated carbocycles. The molecule has 0 bridgehead atoms. The van der Waals surface area contributed by atoms with E-state index in [9.17, 15) is 4.79 Å². The average molecular weight is 402 g/mol. The zero-order valence-corrected chi connectivity index (χ0v) is 18.6. The number of benzene rings is 1. The summed E-state index contributed by atoms with van der Waals surface area (Å²) in [5.41, 5.74) is 6.68. The first-order valence-corrected chi connectivity index (χ1v) is 10.5. The van der Waals surface area contributed by atoms with Crippen LogP contribution < -0.4 is 0 Å². The lowest BCUT2D eigenvalue weighted by molar-refractivity contribution is 0.0956. The summed E-state index contributed by atoms with van der Waals surface area (Å²) in [6.45, 7) is 10.9. The lowest BCUT2D eigenvalue weighted by Gasteiger charge is -2.32. The maximum atomic E-state index is 12.5. The van der Waals surface area contributed by atoms with Gasteiger partial charge in [0, 0.05) is 6.08 Å². The Morgan fingerprint density at radius 1 is 1.13 bits per heavy atom. The molecule has 0 unspecified atom stereocenters. The van der Waals surface area contributed by atoms with Crippen molar-refractivity contribution in [3.05, 3.63) is 83.0 Å². The summed E-state index contributed by atoms with van der Waals surface area (Å²) in [6, 6.07) is 7.44. The third kappa shape index (κ3) is 5.12. The number of allylic oxidation sites excluding steroid dienone is 10. The molecule has 30 heavy (non-hydrogen) atoms. The van der Waals surface area contributed by atoms with Crippen LogP contribution in [0.5, 0.6) is 0 Å². The van der Waals surface area contributed by atoms with Gasteiger partial charge in [-0.3, -0.25) is 4.79 Å². The molecule has 0 saturated heterocycles. The molecule has 0 aliphatic heterocycles. The summed E-state index contributed by atoms with van der Waals surface area (Å²) in [4.78, 5) is 12.5. The van der Waals surface area contributed by atoms with Crippen LogP contribution in [0.4, 0.5) is 0 Å². The molecule has 1 aromatic carbocycles. The topological polar surface area (TPSA) is 47.8 Å². The van der Waals surface area contributed by atoms with E-state index < -0.39 is 0 Å². The number of aromatic nitrogens is 3. The highest BCUT2D eigenvalue weighted by Gasteiger charge is 2.26. The molecule has 0 amide bonds. The smallest absolute Gasteiger partial charge is 0.267 e. The average Bonchev–Trinajstić information content (AvgIpc) is 3.11. The highest BCUT2D eigenvalue weighted by molar-refractivity contribution is 5.96. The molecule has 1 aromatic heterocycles. The summed E-state index contributed by atoms with van der Waals surface area (Å²) in [7, 11) is 0. The molecule has 4 heteroatoms. The Bertz CT molecular complexity index is 1090. The SMILES string of the molecule is CC(C=CC1=C(C)CCCC1(C)C)=CC=CC(C)=CC(=O)n1nnc2ccccc21. The predicted octanol–water partition coefficient (Wildman–Crippen LogP) is 6.60. The quantitative estimate of drug-likeness (QED) is 0.419. The van der Waals surface area contributed by atoms with Crippen LogP contribution in [0.3, 0.4) is 0 Å². The molecule has 156 valence electrons. The van der Waals surface area contributed by atoms with Gasteiger partial charge >= 0.3 is 0 Å². The normalized spacial score (nSPS) is 18.2. The van der Waals surface area contributed by atoms with E-state index >= 15 is 0 Å². The zero-order chi connectivity index (χ0) is 21.7. The number of rotatable bonds is 5. The van der Waals surface area contributed by atoms with E-state index in [1.165, 1.54) is 40.7 Å². The van der Waals surface area contributed by atoms with Gasteiger partial charge in [0.05, 0.1) is 5.52 Å². The van der Waals surface area contributed by atoms with Gasteiger partial charge in [-0.05, 0) is 68.7 Å². The van der Waals surface area contributed by atoms with Crippen LogP contribution in [-0.4, -0.2) is 20.9 Å². The van der Waals surface area contributed by atoms with Crippen LogP contribution >= 0.6 is 0 Å². The van der Waals surface area contributed by atoms with Crippen molar-refractivity contribution in [1.82, 2.24) is 15.0 Å². The van der Waals surface area contributed by atoms with E-state index in [1.807, 2.05) is 43.3 Å². The molecular weight excluding hydrogens is 370 g/mol. The Morgan fingerprint density at radius 2 is 1.90 bits per heavy atom. The molecule has 0 N–H and O–H groups in total. The Kier molecular flexibility index (Phi) is 6.66. The fourth-order valence-corrected chi connectivity index (χ4v) is 3.97. The standard InChI is InChI=1S/C26H31N3O/c1-19(15-16-22-21(3)12-9-17-26(22,4)5)10-8-11-20(2)18-25(30)29-24-14-7-6-13-23(24)27-28-29/h6-8,10-11,13-16,18H,9,12,17H2,1-5H3. The summed E-state index contributed by atoms with van der Waals surface area (Å²) >= 11 is 0. The number of para-hydroxylation sites is 1. The second-order valence-corrected chi connectivity index (χ2v) is 8.75. The van der Waals surface area contributed by atoms with Gasteiger partial charge in [-0.25, -0.2) is 0 Å². The second-order valence-electron chi connectivity index (χ2n) is 8.75. The molecular formula is C26H31N3O. The molecule has 0 radical (unpaired) electrons. The first kappa shape index (κ1) is 21.7. The van der Waals surface area contributed by atoms with Gasteiger partial charge in [-0.2, -0.15) is 4.68 Å². The Labute approximate surface area is 179 Å². The van der Waals surface area contributed by atoms with Gasteiger partial charge in [0.2, 0.25) is 0 Å². The van der Waals surface area contributed by atoms with Crippen molar-refractivity contribution in [3.63, 3.8) is 0 Å². The predicted molar refractivity (Wildman–Crippen MR) is 124 cm³/mol. The molecule has 0 atom stereocenters. The van der Waals surface area contributed by atoms with Crippen molar-refractivity contribution in [2.45, 2.75) is 53.9 Å². The Balaban J connectivity index is 1.67. The number of hydrogen-bond acceptors (Lipinski definition) is 3. The third-order valence-electron chi connectivity index (χ3n) is 5.69. The van der Waals surface area contributed by atoms with Crippen molar-refractivity contribution in [1.29, 1.82) is 0 Å². The first-order chi connectivity index (χ1) is 14.3. The van der Waals surface area contributed by atoms with Crippen LogP contribution in [-0.2, 0) is 0 Å². The molecule has 1 aliphatic rings. The minimum Gasteiger partial charge on any atom is -0.267 e. The van der Waals surface area contributed by atoms with Crippen LogP contribution in [0.25, 0.3) is 11.0 Å². The van der Waals surface area contributed by atoms with Gasteiger partial charge in [-0.15, -0.1) is 5.10 Å². The van der Waals surface area contributed by atoms with Gasteiger partial charge in [-0.1, -0.05) is 72.7 Å². The molecule has 1 aliphatic carbocycles. The van der Waals surface area contributed by atoms with Gasteiger partial charge < -0.3 is 0 Å². The van der Waals surface area contributed by atoms with Gasteiger partial charge in [0.25, 0.3) is 5.91 Å². The monoisotopic (exact) mass is 401 g/mol. The van der Waals surface area contributed by atoms with Crippen molar-refractivity contribution >= 4 is 16.9 Å². The highest BCUT2D eigenvalue weighted by atomic mass is 16.2. The van der Waals surface area contributed by atoms with Gasteiger partial charge in [0.1, 0.15) is 5.52 Å². The second kappa shape index (κ2) is 9.21. The Morgan fingerprint density at radius 3 is 2.67 bits per heavy atom. The molecule has 0 fully saturated rings. The highest BCUT2D eigenvalue weighted by Crippen LogP contribution is 2.40. The Hall–Kier alpha value is -3.01. The lowest BCUT2D eigenvalue weighted by Crippen LogP contribution is -2.19. The molecule has 0 spiro atoms. The largest absolute Gasteiger partial charge is 0.273 e. The molecule has 2 aromatic rings. The number of carbonyl (C=O) groups is 1. The molecule has 4 nitrogen and oxygen atoms in total. The number of fused-ring (bicyclic) bond motifs is 1. The van der Waals surface area contributed by atoms with E-state index in [-0.39, 0.29) is 11.3 Å². The summed E-state index contributed by atoms with van der Waals surface area (Å²) in [5.74, 6) is -0.201. The number of hydrogen-bond donors (Lipinski definition) is 0. The van der Waals surface area contributed by atoms with Crippen molar-refractivity contribution in [2.24, 2.45) is 5.41 Å². The van der Waals surface area contributed by atoms with Crippen molar-refractivity contribution in [3.8, 4) is 0 Å². The third-order valence-corrected chi connectivity index (χ3v) is 5.69. The van der Waals surface area contributed by atoms with E-state index in [0.717, 1.165) is 5.57 Å². The van der Waals surface area contributed by atoms with Crippen LogP contribution in [0.15, 0.2) is 83.0 Å². The zero-order valence-electron chi connectivity index (χ0n) is 18.6. The van der Waals surface area contributed by atoms with Crippen molar-refractivity contribution in [2.75, 3.05) is 0 Å². The van der Waals surface area contributed by atoms with Crippen LogP contribution in [0, 0.1) is 5.41 Å². The summed E-state index contributed by atoms with van der Waals surface area (Å²) < 4.78 is 1.33. The van der Waals surface area contributed by atoms with E-state index in [1.54, 1.807) is 6.08 Å². The van der Waals surface area contributed by atoms with E-state index in [4.69, 9.17) is 0 Å². The summed E-state index contributed by atoms with van der Waals surface area (Å²) in [6.07, 6.45) is 15.7. The number of carbonyl (C=O) groups excluding carboxylic acids is 1. The molecule has 1 heterocycles. The minimum absolute atomic E-state index is 0.201. The van der Waals surface area contributed by atoms with E-state index in [0.29, 0.717) is 11.0 Å². The molecule has 3 rings (SSSR count). The van der Waals surface area contributed by atoms with Crippen LogP contribution in [0.2, 0.25) is 0 Å². The fourth-order valence-electron chi connectivity index (χ4n) is 3.97. The lowest BCUT2D eigenvalue weighted by atomic mass is 9.72. The van der Waals surface area contributed by atoms with Crippen LogP contribution in [0.1, 0.15) is 58.7 Å². The maximum absolute atomic E-state index is 12.5.